The molecule has 3 heteroatoms. The highest BCUT2D eigenvalue weighted by atomic mass is 19.2. The SMILES string of the molecule is Fc1ccccc1C1CCCCN1F. The number of rotatable bonds is 1. The van der Waals surface area contributed by atoms with Gasteiger partial charge in [0.05, 0.1) is 6.04 Å². The lowest BCUT2D eigenvalue weighted by atomic mass is 9.97. The van der Waals surface area contributed by atoms with E-state index in [-0.39, 0.29) is 11.9 Å². The first kappa shape index (κ1) is 9.59. The molecule has 1 aromatic rings. The summed E-state index contributed by atoms with van der Waals surface area (Å²) in [6.07, 6.45) is 2.54. The fourth-order valence-electron chi connectivity index (χ4n) is 1.95. The Kier molecular flexibility index (Phi) is 2.77. The van der Waals surface area contributed by atoms with Crippen molar-refractivity contribution in [1.82, 2.24) is 5.12 Å². The van der Waals surface area contributed by atoms with E-state index in [9.17, 15) is 8.87 Å². The molecule has 1 fully saturated rings. The topological polar surface area (TPSA) is 3.24 Å². The second-order valence-corrected chi connectivity index (χ2v) is 3.66. The molecule has 0 aliphatic carbocycles. The van der Waals surface area contributed by atoms with Crippen LogP contribution in [0.1, 0.15) is 30.9 Å². The number of nitrogens with zero attached hydrogens (tertiary/aromatic N) is 1. The fraction of sp³-hybridized carbons (Fsp3) is 0.455. The van der Waals surface area contributed by atoms with Gasteiger partial charge in [0.15, 0.2) is 0 Å². The van der Waals surface area contributed by atoms with Crippen LogP contribution in [0.2, 0.25) is 0 Å². The third-order valence-electron chi connectivity index (χ3n) is 2.70. The standard InChI is InChI=1S/C11H13F2N/c12-10-6-2-1-5-9(10)11-7-3-4-8-14(11)13/h1-2,5-6,11H,3-4,7-8H2. The molecule has 1 unspecified atom stereocenters. The van der Waals surface area contributed by atoms with E-state index in [0.717, 1.165) is 18.0 Å². The lowest BCUT2D eigenvalue weighted by Crippen LogP contribution is -2.26. The zero-order chi connectivity index (χ0) is 9.97. The molecule has 0 amide bonds. The average Bonchev–Trinajstić information content (AvgIpc) is 2.20. The van der Waals surface area contributed by atoms with Gasteiger partial charge in [0.1, 0.15) is 5.82 Å². The molecule has 0 bridgehead atoms. The van der Waals surface area contributed by atoms with Crippen molar-refractivity contribution in [3.63, 3.8) is 0 Å². The first-order valence-corrected chi connectivity index (χ1v) is 4.96. The number of piperidine rings is 1. The monoisotopic (exact) mass is 197 g/mol. The molecule has 1 aliphatic rings. The smallest absolute Gasteiger partial charge is 0.128 e. The van der Waals surface area contributed by atoms with Crippen LogP contribution in [-0.4, -0.2) is 11.7 Å². The Labute approximate surface area is 82.3 Å². The number of hydrogen-bond donors (Lipinski definition) is 0. The van der Waals surface area contributed by atoms with Crippen LogP contribution in [0.3, 0.4) is 0 Å². The molecular formula is C11H13F2N. The molecule has 1 aromatic carbocycles. The normalized spacial score (nSPS) is 23.7. The van der Waals surface area contributed by atoms with Gasteiger partial charge in [-0.1, -0.05) is 24.6 Å². The van der Waals surface area contributed by atoms with Crippen molar-refractivity contribution in [2.45, 2.75) is 25.3 Å². The van der Waals surface area contributed by atoms with E-state index in [1.807, 2.05) is 0 Å². The summed E-state index contributed by atoms with van der Waals surface area (Å²) in [4.78, 5) is 0. The highest BCUT2D eigenvalue weighted by Gasteiger charge is 2.25. The number of hydrogen-bond acceptors (Lipinski definition) is 1. The number of halogens is 2. The Bertz CT molecular complexity index is 314. The third-order valence-corrected chi connectivity index (χ3v) is 2.70. The Morgan fingerprint density at radius 3 is 2.71 bits per heavy atom. The highest BCUT2D eigenvalue weighted by molar-refractivity contribution is 5.21. The zero-order valence-corrected chi connectivity index (χ0v) is 7.92. The van der Waals surface area contributed by atoms with Gasteiger partial charge >= 0.3 is 0 Å². The van der Waals surface area contributed by atoms with E-state index in [4.69, 9.17) is 0 Å². The summed E-state index contributed by atoms with van der Waals surface area (Å²) in [6, 6.07) is 6.05. The van der Waals surface area contributed by atoms with Crippen molar-refractivity contribution >= 4 is 0 Å². The quantitative estimate of drug-likeness (QED) is 0.625. The summed E-state index contributed by atoms with van der Waals surface area (Å²) in [7, 11) is 0. The van der Waals surface area contributed by atoms with Crippen LogP contribution in [0.25, 0.3) is 0 Å². The summed E-state index contributed by atoms with van der Waals surface area (Å²) in [5.74, 6) is -0.304. The number of benzene rings is 1. The van der Waals surface area contributed by atoms with E-state index in [1.54, 1.807) is 18.2 Å². The van der Waals surface area contributed by atoms with Crippen molar-refractivity contribution in [1.29, 1.82) is 0 Å². The third kappa shape index (κ3) is 1.77. The fourth-order valence-corrected chi connectivity index (χ4v) is 1.95. The van der Waals surface area contributed by atoms with Gasteiger partial charge in [-0.25, -0.2) is 4.39 Å². The summed E-state index contributed by atoms with van der Waals surface area (Å²) in [5.41, 5.74) is 0.481. The predicted molar refractivity (Wildman–Crippen MR) is 50.8 cm³/mol. The highest BCUT2D eigenvalue weighted by Crippen LogP contribution is 2.32. The molecule has 0 radical (unpaired) electrons. The summed E-state index contributed by atoms with van der Waals surface area (Å²) in [6.45, 7) is 0.416. The van der Waals surface area contributed by atoms with Crippen molar-refractivity contribution in [2.75, 3.05) is 6.54 Å². The van der Waals surface area contributed by atoms with Gasteiger partial charge in [-0.3, -0.25) is 0 Å². The molecule has 0 saturated carbocycles. The van der Waals surface area contributed by atoms with Crippen LogP contribution < -0.4 is 0 Å². The minimum atomic E-state index is -0.384. The molecule has 0 spiro atoms. The van der Waals surface area contributed by atoms with Gasteiger partial charge in [-0.15, -0.1) is 9.60 Å². The molecule has 1 atom stereocenters. The Morgan fingerprint density at radius 1 is 1.21 bits per heavy atom. The average molecular weight is 197 g/mol. The molecule has 1 saturated heterocycles. The van der Waals surface area contributed by atoms with Crippen molar-refractivity contribution < 1.29 is 8.87 Å². The predicted octanol–water partition coefficient (Wildman–Crippen LogP) is 3.24. The van der Waals surface area contributed by atoms with Crippen LogP contribution in [0, 0.1) is 5.82 Å². The molecular weight excluding hydrogens is 184 g/mol. The minimum Gasteiger partial charge on any atom is -0.207 e. The minimum absolute atomic E-state index is 0.304. The van der Waals surface area contributed by atoms with E-state index >= 15 is 0 Å². The van der Waals surface area contributed by atoms with Gasteiger partial charge in [-0.2, -0.15) is 0 Å². The van der Waals surface area contributed by atoms with E-state index in [1.165, 1.54) is 6.07 Å². The largest absolute Gasteiger partial charge is 0.207 e. The molecule has 0 N–H and O–H groups in total. The zero-order valence-electron chi connectivity index (χ0n) is 7.92. The lowest BCUT2D eigenvalue weighted by Gasteiger charge is -2.28. The van der Waals surface area contributed by atoms with Crippen LogP contribution in [0.4, 0.5) is 8.87 Å². The van der Waals surface area contributed by atoms with Crippen LogP contribution in [0.5, 0.6) is 0 Å². The van der Waals surface area contributed by atoms with Gasteiger partial charge < -0.3 is 0 Å². The van der Waals surface area contributed by atoms with Crippen molar-refractivity contribution in [2.24, 2.45) is 0 Å². The van der Waals surface area contributed by atoms with Crippen molar-refractivity contribution in [3.8, 4) is 0 Å². The van der Waals surface area contributed by atoms with E-state index in [2.05, 4.69) is 0 Å². The molecule has 14 heavy (non-hydrogen) atoms. The van der Waals surface area contributed by atoms with Crippen LogP contribution >= 0.6 is 0 Å². The molecule has 1 aliphatic heterocycles. The lowest BCUT2D eigenvalue weighted by molar-refractivity contribution is -0.0471. The molecule has 0 aromatic heterocycles. The molecule has 76 valence electrons. The summed E-state index contributed by atoms with van der Waals surface area (Å²) >= 11 is 0. The van der Waals surface area contributed by atoms with Crippen LogP contribution in [0.15, 0.2) is 24.3 Å². The Hall–Kier alpha value is -0.960. The second kappa shape index (κ2) is 4.05. The van der Waals surface area contributed by atoms with E-state index in [0.29, 0.717) is 18.5 Å². The maximum absolute atomic E-state index is 13.4. The first-order valence-electron chi connectivity index (χ1n) is 4.96. The first-order chi connectivity index (χ1) is 6.79. The molecule has 2 rings (SSSR count). The maximum Gasteiger partial charge on any atom is 0.128 e. The van der Waals surface area contributed by atoms with Gasteiger partial charge in [-0.05, 0) is 18.9 Å². The van der Waals surface area contributed by atoms with Gasteiger partial charge in [0, 0.05) is 12.1 Å². The maximum atomic E-state index is 13.4. The Balaban J connectivity index is 2.25. The van der Waals surface area contributed by atoms with Gasteiger partial charge in [0.25, 0.3) is 0 Å². The Morgan fingerprint density at radius 2 is 2.00 bits per heavy atom. The summed E-state index contributed by atoms with van der Waals surface area (Å²) < 4.78 is 26.7. The van der Waals surface area contributed by atoms with Crippen molar-refractivity contribution in [3.05, 3.63) is 35.6 Å². The summed E-state index contributed by atoms with van der Waals surface area (Å²) in [5, 5.41) is 0.752. The van der Waals surface area contributed by atoms with Gasteiger partial charge in [0.2, 0.25) is 0 Å². The van der Waals surface area contributed by atoms with E-state index < -0.39 is 0 Å². The second-order valence-electron chi connectivity index (χ2n) is 3.66. The molecule has 1 heterocycles. The van der Waals surface area contributed by atoms with Crippen LogP contribution in [-0.2, 0) is 0 Å². The molecule has 1 nitrogen and oxygen atoms in total.